The average Bonchev–Trinajstić information content (AvgIpc) is 2.86. The SMILES string of the molecule is CN(Cc1nc2ccccc2c(=O)[nH]1)C(=O)C[C@H]1C=CS(=O)(=O)C1. The second kappa shape index (κ2) is 6.20. The number of allylic oxidation sites excluding steroid dienone is 1. The van der Waals surface area contributed by atoms with Crippen molar-refractivity contribution in [3.05, 3.63) is 51.9 Å². The molecule has 2 aromatic rings. The fraction of sp³-hybridized carbons (Fsp3) is 0.312. The number of hydrogen-bond acceptors (Lipinski definition) is 5. The van der Waals surface area contributed by atoms with Gasteiger partial charge in [-0.05, 0) is 12.1 Å². The number of carbonyl (C=O) groups is 1. The molecule has 1 amide bonds. The second-order valence-electron chi connectivity index (χ2n) is 5.90. The molecule has 1 aliphatic rings. The Morgan fingerprint density at radius 3 is 2.83 bits per heavy atom. The Hall–Kier alpha value is -2.48. The number of nitrogens with zero attached hydrogens (tertiary/aromatic N) is 2. The van der Waals surface area contributed by atoms with Gasteiger partial charge in [0.2, 0.25) is 5.91 Å². The van der Waals surface area contributed by atoms with Gasteiger partial charge in [0.15, 0.2) is 9.84 Å². The third-order valence-corrected chi connectivity index (χ3v) is 5.38. The van der Waals surface area contributed by atoms with Crippen LogP contribution >= 0.6 is 0 Å². The molecule has 1 aromatic carbocycles. The van der Waals surface area contributed by atoms with Gasteiger partial charge in [0.05, 0.1) is 23.2 Å². The van der Waals surface area contributed by atoms with Gasteiger partial charge in [-0.2, -0.15) is 0 Å². The molecule has 7 nitrogen and oxygen atoms in total. The van der Waals surface area contributed by atoms with Gasteiger partial charge in [-0.3, -0.25) is 9.59 Å². The third kappa shape index (κ3) is 3.53. The van der Waals surface area contributed by atoms with E-state index in [1.165, 1.54) is 4.90 Å². The number of hydrogen-bond donors (Lipinski definition) is 1. The van der Waals surface area contributed by atoms with Crippen LogP contribution in [0.15, 0.2) is 40.5 Å². The Kier molecular flexibility index (Phi) is 4.23. The highest BCUT2D eigenvalue weighted by Crippen LogP contribution is 2.19. The van der Waals surface area contributed by atoms with Gasteiger partial charge in [0, 0.05) is 24.8 Å². The van der Waals surface area contributed by atoms with Crippen LogP contribution in [-0.4, -0.2) is 42.0 Å². The molecule has 2 heterocycles. The molecule has 126 valence electrons. The van der Waals surface area contributed by atoms with E-state index in [-0.39, 0.29) is 36.1 Å². The number of sulfone groups is 1. The van der Waals surface area contributed by atoms with Gasteiger partial charge in [-0.15, -0.1) is 0 Å². The standard InChI is InChI=1S/C16H17N3O4S/c1-19(15(20)8-11-6-7-24(22,23)10-11)9-14-17-13-5-3-2-4-12(13)16(21)18-14/h2-7,11H,8-10H2,1H3,(H,17,18,21)/t11-/m1/s1. The van der Waals surface area contributed by atoms with Crippen LogP contribution in [0.3, 0.4) is 0 Å². The summed E-state index contributed by atoms with van der Waals surface area (Å²) >= 11 is 0. The van der Waals surface area contributed by atoms with Crippen LogP contribution in [0.4, 0.5) is 0 Å². The van der Waals surface area contributed by atoms with E-state index in [4.69, 9.17) is 0 Å². The lowest BCUT2D eigenvalue weighted by atomic mass is 10.1. The van der Waals surface area contributed by atoms with E-state index in [1.807, 2.05) is 0 Å². The number of nitrogens with one attached hydrogen (secondary N) is 1. The van der Waals surface area contributed by atoms with Gasteiger partial charge in [-0.1, -0.05) is 18.2 Å². The van der Waals surface area contributed by atoms with E-state index < -0.39 is 9.84 Å². The van der Waals surface area contributed by atoms with Crippen LogP contribution in [0.2, 0.25) is 0 Å². The van der Waals surface area contributed by atoms with E-state index in [1.54, 1.807) is 37.4 Å². The Balaban J connectivity index is 1.70. The summed E-state index contributed by atoms with van der Waals surface area (Å²) in [7, 11) is -1.56. The Morgan fingerprint density at radius 1 is 1.38 bits per heavy atom. The molecule has 1 aliphatic heterocycles. The molecule has 0 saturated carbocycles. The van der Waals surface area contributed by atoms with Crippen molar-refractivity contribution >= 4 is 26.6 Å². The number of benzene rings is 1. The first-order valence-corrected chi connectivity index (χ1v) is 9.18. The number of amides is 1. The van der Waals surface area contributed by atoms with E-state index in [9.17, 15) is 18.0 Å². The highest BCUT2D eigenvalue weighted by atomic mass is 32.2. The van der Waals surface area contributed by atoms with Gasteiger partial charge >= 0.3 is 0 Å². The summed E-state index contributed by atoms with van der Waals surface area (Å²) in [4.78, 5) is 32.7. The minimum absolute atomic E-state index is 0.0301. The molecule has 24 heavy (non-hydrogen) atoms. The van der Waals surface area contributed by atoms with Crippen molar-refractivity contribution in [1.29, 1.82) is 0 Å². The number of H-pyrrole nitrogens is 1. The first-order chi connectivity index (χ1) is 11.3. The van der Waals surface area contributed by atoms with Crippen LogP contribution in [0.5, 0.6) is 0 Å². The maximum absolute atomic E-state index is 12.2. The zero-order valence-electron chi connectivity index (χ0n) is 13.1. The number of aromatic amines is 1. The minimum atomic E-state index is -3.17. The number of carbonyl (C=O) groups excluding carboxylic acids is 1. The fourth-order valence-corrected chi connectivity index (χ4v) is 4.07. The van der Waals surface area contributed by atoms with E-state index in [2.05, 4.69) is 9.97 Å². The number of fused-ring (bicyclic) bond motifs is 1. The highest BCUT2D eigenvalue weighted by molar-refractivity contribution is 7.94. The van der Waals surface area contributed by atoms with Crippen LogP contribution in [0, 0.1) is 5.92 Å². The second-order valence-corrected chi connectivity index (χ2v) is 7.83. The Labute approximate surface area is 138 Å². The number of rotatable bonds is 4. The molecule has 3 rings (SSSR count). The van der Waals surface area contributed by atoms with Gasteiger partial charge in [0.25, 0.3) is 5.56 Å². The van der Waals surface area contributed by atoms with Gasteiger partial charge in [0.1, 0.15) is 5.82 Å². The van der Waals surface area contributed by atoms with Crippen molar-refractivity contribution in [2.45, 2.75) is 13.0 Å². The Bertz CT molecular complexity index is 978. The predicted octanol–water partition coefficient (Wildman–Crippen LogP) is 0.830. The predicted molar refractivity (Wildman–Crippen MR) is 89.9 cm³/mol. The summed E-state index contributed by atoms with van der Waals surface area (Å²) in [6.07, 6.45) is 1.67. The average molecular weight is 347 g/mol. The number of aromatic nitrogens is 2. The van der Waals surface area contributed by atoms with E-state index >= 15 is 0 Å². The molecule has 8 heteroatoms. The smallest absolute Gasteiger partial charge is 0.258 e. The molecule has 0 unspecified atom stereocenters. The van der Waals surface area contributed by atoms with Crippen molar-refractivity contribution in [2.75, 3.05) is 12.8 Å². The molecular weight excluding hydrogens is 330 g/mol. The molecular formula is C16H17N3O4S. The van der Waals surface area contributed by atoms with Crippen LogP contribution in [0.1, 0.15) is 12.2 Å². The molecule has 0 radical (unpaired) electrons. The first-order valence-electron chi connectivity index (χ1n) is 7.47. The molecule has 1 N–H and O–H groups in total. The normalized spacial score (nSPS) is 18.8. The lowest BCUT2D eigenvalue weighted by Crippen LogP contribution is -2.30. The molecule has 0 fully saturated rings. The summed E-state index contributed by atoms with van der Waals surface area (Å²) in [5.74, 6) is -0.132. The lowest BCUT2D eigenvalue weighted by Gasteiger charge is -2.18. The Morgan fingerprint density at radius 2 is 2.12 bits per heavy atom. The van der Waals surface area contributed by atoms with Crippen LogP contribution < -0.4 is 5.56 Å². The monoisotopic (exact) mass is 347 g/mol. The number of para-hydroxylation sites is 1. The third-order valence-electron chi connectivity index (χ3n) is 3.92. The molecule has 0 spiro atoms. The zero-order valence-corrected chi connectivity index (χ0v) is 13.9. The summed E-state index contributed by atoms with van der Waals surface area (Å²) in [5.41, 5.74) is 0.322. The van der Waals surface area contributed by atoms with Gasteiger partial charge < -0.3 is 9.88 Å². The quantitative estimate of drug-likeness (QED) is 0.883. The van der Waals surface area contributed by atoms with Crippen LogP contribution in [0.25, 0.3) is 10.9 Å². The molecule has 0 aliphatic carbocycles. The molecule has 1 atom stereocenters. The molecule has 1 aromatic heterocycles. The van der Waals surface area contributed by atoms with Crippen molar-refractivity contribution in [1.82, 2.24) is 14.9 Å². The first kappa shape index (κ1) is 16.4. The maximum Gasteiger partial charge on any atom is 0.258 e. The van der Waals surface area contributed by atoms with E-state index in [0.717, 1.165) is 5.41 Å². The maximum atomic E-state index is 12.2. The fourth-order valence-electron chi connectivity index (χ4n) is 2.67. The largest absolute Gasteiger partial charge is 0.338 e. The summed E-state index contributed by atoms with van der Waals surface area (Å²) < 4.78 is 22.8. The van der Waals surface area contributed by atoms with Crippen LogP contribution in [-0.2, 0) is 21.2 Å². The van der Waals surface area contributed by atoms with E-state index in [0.29, 0.717) is 16.7 Å². The van der Waals surface area contributed by atoms with Crippen molar-refractivity contribution in [3.8, 4) is 0 Å². The lowest BCUT2D eigenvalue weighted by molar-refractivity contribution is -0.131. The summed E-state index contributed by atoms with van der Waals surface area (Å²) in [6.45, 7) is 0.155. The highest BCUT2D eigenvalue weighted by Gasteiger charge is 2.25. The van der Waals surface area contributed by atoms with Gasteiger partial charge in [-0.25, -0.2) is 13.4 Å². The molecule has 0 saturated heterocycles. The zero-order chi connectivity index (χ0) is 17.3. The van der Waals surface area contributed by atoms with Crippen molar-refractivity contribution in [2.24, 2.45) is 5.92 Å². The summed E-state index contributed by atoms with van der Waals surface area (Å²) in [6, 6.07) is 6.98. The topological polar surface area (TPSA) is 100 Å². The minimum Gasteiger partial charge on any atom is -0.338 e. The van der Waals surface area contributed by atoms with Crippen molar-refractivity contribution < 1.29 is 13.2 Å². The molecule has 0 bridgehead atoms. The van der Waals surface area contributed by atoms with Crippen molar-refractivity contribution in [3.63, 3.8) is 0 Å². The summed E-state index contributed by atoms with van der Waals surface area (Å²) in [5, 5.41) is 1.66.